The van der Waals surface area contributed by atoms with Crippen LogP contribution in [-0.4, -0.2) is 57.8 Å². The third kappa shape index (κ3) is 4.33. The van der Waals surface area contributed by atoms with Gasteiger partial charge < -0.3 is 10.2 Å². The highest BCUT2D eigenvalue weighted by Crippen LogP contribution is 2.36. The summed E-state index contributed by atoms with van der Waals surface area (Å²) in [5, 5.41) is 10.1. The fourth-order valence-electron chi connectivity index (χ4n) is 6.07. The Morgan fingerprint density at radius 3 is 2.35 bits per heavy atom. The van der Waals surface area contributed by atoms with Crippen molar-refractivity contribution in [2.75, 3.05) is 36.4 Å². The summed E-state index contributed by atoms with van der Waals surface area (Å²) in [5.74, 6) is 1.08. The van der Waals surface area contributed by atoms with E-state index in [1.165, 1.54) is 74.5 Å². The minimum Gasteiger partial charge on any atom is -0.365 e. The molecular formula is C27H38N6S. The van der Waals surface area contributed by atoms with Crippen LogP contribution in [-0.2, 0) is 0 Å². The molecular weight excluding hydrogens is 440 g/mol. The normalized spacial score (nSPS) is 21.1. The fourth-order valence-corrected chi connectivity index (χ4v) is 7.03. The molecule has 34 heavy (non-hydrogen) atoms. The smallest absolute Gasteiger partial charge is 0.216 e. The molecule has 2 saturated carbocycles. The molecule has 0 atom stereocenters. The number of piperazine rings is 1. The van der Waals surface area contributed by atoms with Crippen molar-refractivity contribution < 1.29 is 0 Å². The number of benzene rings is 1. The highest BCUT2D eigenvalue weighted by Gasteiger charge is 2.28. The molecule has 3 aromatic rings. The van der Waals surface area contributed by atoms with Crippen molar-refractivity contribution in [3.63, 3.8) is 0 Å². The lowest BCUT2D eigenvalue weighted by atomic mass is 9.94. The number of aryl methyl sites for hydroxylation is 2. The lowest BCUT2D eigenvalue weighted by Crippen LogP contribution is -2.50. The lowest BCUT2D eigenvalue weighted by Gasteiger charge is -2.40. The Kier molecular flexibility index (Phi) is 6.24. The number of anilines is 2. The van der Waals surface area contributed by atoms with E-state index >= 15 is 0 Å². The first-order chi connectivity index (χ1) is 16.7. The van der Waals surface area contributed by atoms with Crippen molar-refractivity contribution in [3.8, 4) is 11.3 Å². The predicted molar refractivity (Wildman–Crippen MR) is 142 cm³/mol. The van der Waals surface area contributed by atoms with E-state index in [2.05, 4.69) is 51.7 Å². The van der Waals surface area contributed by atoms with Crippen LogP contribution in [0.3, 0.4) is 0 Å². The van der Waals surface area contributed by atoms with E-state index in [1.807, 2.05) is 0 Å². The number of rotatable bonds is 5. The van der Waals surface area contributed by atoms with Crippen molar-refractivity contribution >= 4 is 27.2 Å². The van der Waals surface area contributed by atoms with E-state index < -0.39 is 0 Å². The van der Waals surface area contributed by atoms with E-state index in [4.69, 9.17) is 10.1 Å². The van der Waals surface area contributed by atoms with Gasteiger partial charge in [0, 0.05) is 43.8 Å². The van der Waals surface area contributed by atoms with Crippen molar-refractivity contribution in [2.24, 2.45) is 0 Å². The van der Waals surface area contributed by atoms with Gasteiger partial charge in [-0.2, -0.15) is 4.52 Å². The molecule has 2 aliphatic carbocycles. The van der Waals surface area contributed by atoms with Crippen molar-refractivity contribution in [1.29, 1.82) is 0 Å². The highest BCUT2D eigenvalue weighted by atomic mass is 32.1. The molecule has 6 nitrogen and oxygen atoms in total. The number of hydrogen-bond donors (Lipinski definition) is 1. The third-order valence-electron chi connectivity index (χ3n) is 8.35. The molecule has 3 aliphatic rings. The zero-order chi connectivity index (χ0) is 23.1. The summed E-state index contributed by atoms with van der Waals surface area (Å²) in [6, 6.07) is 8.02. The predicted octanol–water partition coefficient (Wildman–Crippen LogP) is 5.88. The van der Waals surface area contributed by atoms with Crippen LogP contribution in [0.15, 0.2) is 18.2 Å². The second-order valence-corrected chi connectivity index (χ2v) is 11.6. The minimum absolute atomic E-state index is 0.523. The molecule has 0 spiro atoms. The van der Waals surface area contributed by atoms with Gasteiger partial charge in [-0.05, 0) is 56.7 Å². The highest BCUT2D eigenvalue weighted by molar-refractivity contribution is 7.20. The molecule has 0 radical (unpaired) electrons. The van der Waals surface area contributed by atoms with Crippen LogP contribution in [0.25, 0.3) is 16.2 Å². The van der Waals surface area contributed by atoms with Gasteiger partial charge in [-0.15, -0.1) is 5.10 Å². The molecule has 0 unspecified atom stereocenters. The number of nitrogens with one attached hydrogen (secondary N) is 1. The Hall–Kier alpha value is -2.12. The first-order valence-electron chi connectivity index (χ1n) is 13.4. The Morgan fingerprint density at radius 1 is 0.882 bits per heavy atom. The molecule has 0 amide bonds. The maximum Gasteiger partial charge on any atom is 0.216 e. The topological polar surface area (TPSA) is 48.7 Å². The number of hydrogen-bond acceptors (Lipinski definition) is 6. The molecule has 1 aliphatic heterocycles. The van der Waals surface area contributed by atoms with E-state index in [-0.39, 0.29) is 0 Å². The van der Waals surface area contributed by atoms with Gasteiger partial charge in [0.2, 0.25) is 10.1 Å². The van der Waals surface area contributed by atoms with Crippen LogP contribution < -0.4 is 10.2 Å². The van der Waals surface area contributed by atoms with Crippen LogP contribution in [0.1, 0.15) is 68.9 Å². The van der Waals surface area contributed by atoms with E-state index in [0.29, 0.717) is 6.04 Å². The molecule has 2 aromatic heterocycles. The summed E-state index contributed by atoms with van der Waals surface area (Å²) in [4.78, 5) is 11.3. The molecule has 182 valence electrons. The van der Waals surface area contributed by atoms with Crippen LogP contribution in [0.2, 0.25) is 0 Å². The summed E-state index contributed by atoms with van der Waals surface area (Å²) in [6.45, 7) is 8.82. The summed E-state index contributed by atoms with van der Waals surface area (Å²) in [5.41, 5.74) is 4.86. The average molecular weight is 479 g/mol. The van der Waals surface area contributed by atoms with Gasteiger partial charge in [-0.3, -0.25) is 4.90 Å². The standard InChI is InChI=1S/C27H38N6S/c1-19-12-13-21(18-20(19)2)24-25(28-22-8-6-7-9-22)33-26(29-24)34-27(30-33)32-16-14-31(15-17-32)23-10-4-3-5-11-23/h12-13,18,22-23,28H,3-11,14-17H2,1-2H3. The maximum atomic E-state index is 5.12. The van der Waals surface area contributed by atoms with Gasteiger partial charge in [0.1, 0.15) is 5.69 Å². The molecule has 3 heterocycles. The van der Waals surface area contributed by atoms with Gasteiger partial charge in [0.25, 0.3) is 0 Å². The molecule has 7 heteroatoms. The molecule has 1 N–H and O–H groups in total. The Balaban J connectivity index is 1.26. The number of aromatic nitrogens is 3. The first kappa shape index (κ1) is 22.4. The summed E-state index contributed by atoms with van der Waals surface area (Å²) in [6.07, 6.45) is 12.1. The van der Waals surface area contributed by atoms with Crippen LogP contribution in [0.5, 0.6) is 0 Å². The van der Waals surface area contributed by atoms with Gasteiger partial charge in [0.05, 0.1) is 0 Å². The van der Waals surface area contributed by atoms with Gasteiger partial charge in [-0.25, -0.2) is 4.98 Å². The molecule has 0 bridgehead atoms. The van der Waals surface area contributed by atoms with E-state index in [9.17, 15) is 0 Å². The lowest BCUT2D eigenvalue weighted by molar-refractivity contribution is 0.148. The minimum atomic E-state index is 0.523. The summed E-state index contributed by atoms with van der Waals surface area (Å²) >= 11 is 1.74. The maximum absolute atomic E-state index is 5.12. The van der Waals surface area contributed by atoms with Crippen LogP contribution >= 0.6 is 11.3 Å². The number of imidazole rings is 1. The second kappa shape index (κ2) is 9.50. The summed E-state index contributed by atoms with van der Waals surface area (Å²) in [7, 11) is 0. The Bertz CT molecular complexity index is 1130. The molecule has 3 fully saturated rings. The average Bonchev–Trinajstić information content (AvgIpc) is 3.60. The quantitative estimate of drug-likeness (QED) is 0.496. The monoisotopic (exact) mass is 478 g/mol. The number of fused-ring (bicyclic) bond motifs is 1. The van der Waals surface area contributed by atoms with Gasteiger partial charge in [-0.1, -0.05) is 55.6 Å². The van der Waals surface area contributed by atoms with Crippen molar-refractivity contribution in [2.45, 2.75) is 83.7 Å². The Morgan fingerprint density at radius 2 is 1.62 bits per heavy atom. The fraction of sp³-hybridized carbons (Fsp3) is 0.630. The zero-order valence-electron chi connectivity index (χ0n) is 20.7. The number of nitrogens with zero attached hydrogens (tertiary/aromatic N) is 5. The molecule has 1 saturated heterocycles. The molecule has 1 aromatic carbocycles. The van der Waals surface area contributed by atoms with Crippen molar-refractivity contribution in [3.05, 3.63) is 29.3 Å². The van der Waals surface area contributed by atoms with E-state index in [0.717, 1.165) is 53.8 Å². The molecule has 6 rings (SSSR count). The van der Waals surface area contributed by atoms with Crippen LogP contribution in [0.4, 0.5) is 10.9 Å². The van der Waals surface area contributed by atoms with E-state index in [1.54, 1.807) is 11.3 Å². The van der Waals surface area contributed by atoms with Gasteiger partial charge in [0.15, 0.2) is 5.82 Å². The zero-order valence-corrected chi connectivity index (χ0v) is 21.5. The van der Waals surface area contributed by atoms with Crippen molar-refractivity contribution in [1.82, 2.24) is 19.5 Å². The Labute approximate surface area is 207 Å². The van der Waals surface area contributed by atoms with Crippen LogP contribution in [0, 0.1) is 13.8 Å². The first-order valence-corrected chi connectivity index (χ1v) is 14.2. The SMILES string of the molecule is Cc1ccc(-c2nc3sc(N4CCN(C5CCCCC5)CC4)nn3c2NC2CCCC2)cc1C. The second-order valence-electron chi connectivity index (χ2n) is 10.6. The van der Waals surface area contributed by atoms with Gasteiger partial charge >= 0.3 is 0 Å². The largest absolute Gasteiger partial charge is 0.365 e. The summed E-state index contributed by atoms with van der Waals surface area (Å²) < 4.78 is 2.09. The third-order valence-corrected chi connectivity index (χ3v) is 9.31.